The highest BCUT2D eigenvalue weighted by atomic mass is 16.4. The summed E-state index contributed by atoms with van der Waals surface area (Å²) in [6.45, 7) is 10.2. The van der Waals surface area contributed by atoms with Gasteiger partial charge in [-0.25, -0.2) is 9.78 Å². The number of amides is 11. The second-order valence-electron chi connectivity index (χ2n) is 23.9. The van der Waals surface area contributed by atoms with Crippen molar-refractivity contribution in [2.75, 3.05) is 26.2 Å². The molecule has 13 atom stereocenters. The minimum Gasteiger partial charge on any atom is -0.481 e. The molecule has 524 valence electrons. The highest BCUT2D eigenvalue weighted by Crippen LogP contribution is 2.22. The van der Waals surface area contributed by atoms with Crippen LogP contribution in [0.5, 0.6) is 0 Å². The highest BCUT2D eigenvalue weighted by Gasteiger charge is 2.41. The Morgan fingerprint density at radius 1 is 0.548 bits per heavy atom. The molecule has 2 rings (SSSR count). The summed E-state index contributed by atoms with van der Waals surface area (Å²) in [5.41, 5.74) is 17.4. The second-order valence-corrected chi connectivity index (χ2v) is 23.9. The summed E-state index contributed by atoms with van der Waals surface area (Å²) < 4.78 is 0. The van der Waals surface area contributed by atoms with Gasteiger partial charge in [0, 0.05) is 37.7 Å². The third-order valence-electron chi connectivity index (χ3n) is 14.9. The molecule has 93 heavy (non-hydrogen) atoms. The molecule has 0 aliphatic carbocycles. The molecule has 35 heteroatoms. The van der Waals surface area contributed by atoms with E-state index in [1.165, 1.54) is 31.3 Å². The monoisotopic (exact) mass is 1320 g/mol. The number of aliphatic carboxylic acids is 3. The van der Waals surface area contributed by atoms with Gasteiger partial charge in [-0.3, -0.25) is 62.3 Å². The van der Waals surface area contributed by atoms with Crippen LogP contribution in [0.1, 0.15) is 144 Å². The smallest absolute Gasteiger partial charge is 0.326 e. The number of carboxylic acid groups (broad SMARTS) is 3. The number of carboxylic acids is 3. The van der Waals surface area contributed by atoms with Crippen molar-refractivity contribution >= 4 is 82.9 Å². The lowest BCUT2D eigenvalue weighted by molar-refractivity contribution is -0.143. The number of hydrogen-bond donors (Lipinski definition) is 19. The molecule has 11 amide bonds. The van der Waals surface area contributed by atoms with Crippen LogP contribution in [0.3, 0.4) is 0 Å². The average Bonchev–Trinajstić information content (AvgIpc) is 1.80. The molecule has 0 bridgehead atoms. The van der Waals surface area contributed by atoms with Crippen molar-refractivity contribution in [3.05, 3.63) is 18.2 Å². The lowest BCUT2D eigenvalue weighted by Crippen LogP contribution is -2.61. The molecule has 1 aliphatic rings. The molecule has 0 spiro atoms. The Balaban J connectivity index is 2.28. The maximum atomic E-state index is 14.4. The molecule has 0 unspecified atom stereocenters. The van der Waals surface area contributed by atoms with Crippen LogP contribution in [0.15, 0.2) is 12.5 Å². The van der Waals surface area contributed by atoms with E-state index in [2.05, 4.69) is 63.1 Å². The van der Waals surface area contributed by atoms with E-state index >= 15 is 0 Å². The van der Waals surface area contributed by atoms with E-state index < -0.39 is 181 Å². The van der Waals surface area contributed by atoms with Gasteiger partial charge in [-0.1, -0.05) is 27.7 Å². The van der Waals surface area contributed by atoms with E-state index in [0.29, 0.717) is 32.1 Å². The maximum Gasteiger partial charge on any atom is 0.326 e. The number of nitrogens with one attached hydrogen (secondary N) is 11. The lowest BCUT2D eigenvalue weighted by atomic mass is 10.0. The van der Waals surface area contributed by atoms with Crippen LogP contribution in [-0.4, -0.2) is 228 Å². The quantitative estimate of drug-likeness (QED) is 0.0271. The van der Waals surface area contributed by atoms with E-state index in [9.17, 15) is 87.5 Å². The molecule has 0 saturated carbocycles. The fourth-order valence-corrected chi connectivity index (χ4v) is 9.74. The topological polar surface area (TPSA) is 570 Å². The summed E-state index contributed by atoms with van der Waals surface area (Å²) in [6, 6.07) is -17.3. The summed E-state index contributed by atoms with van der Waals surface area (Å²) in [5.74, 6) is -14.6. The Morgan fingerprint density at radius 3 is 1.53 bits per heavy atom. The fourth-order valence-electron chi connectivity index (χ4n) is 9.74. The first-order chi connectivity index (χ1) is 43.7. The van der Waals surface area contributed by atoms with Crippen molar-refractivity contribution in [3.63, 3.8) is 0 Å². The van der Waals surface area contributed by atoms with Crippen molar-refractivity contribution in [1.82, 2.24) is 68.0 Å². The minimum atomic E-state index is -1.88. The summed E-state index contributed by atoms with van der Waals surface area (Å²) in [5, 5.41) is 73.3. The van der Waals surface area contributed by atoms with Gasteiger partial charge in [0.2, 0.25) is 65.0 Å². The molecule has 35 nitrogen and oxygen atoms in total. The number of likely N-dealkylation sites (tertiary alicyclic amines) is 1. The minimum absolute atomic E-state index is 0.00221. The van der Waals surface area contributed by atoms with Gasteiger partial charge in [0.15, 0.2) is 0 Å². The molecule has 0 aromatic carbocycles. The zero-order valence-corrected chi connectivity index (χ0v) is 53.8. The molecule has 22 N–H and O–H groups in total. The van der Waals surface area contributed by atoms with Gasteiger partial charge in [0.25, 0.3) is 0 Å². The molecule has 1 aliphatic heterocycles. The molecule has 1 fully saturated rings. The number of carbonyl (C=O) groups excluding carboxylic acids is 11. The number of nitrogens with two attached hydrogens (primary N) is 3. The van der Waals surface area contributed by atoms with Crippen molar-refractivity contribution in [2.24, 2.45) is 29.0 Å². The number of imidazole rings is 1. The summed E-state index contributed by atoms with van der Waals surface area (Å²) >= 11 is 0. The fraction of sp³-hybridized carbons (Fsp3) is 0.707. The van der Waals surface area contributed by atoms with Gasteiger partial charge in [0.05, 0.1) is 25.1 Å². The Morgan fingerprint density at radius 2 is 1.01 bits per heavy atom. The third kappa shape index (κ3) is 29.0. The maximum absolute atomic E-state index is 14.4. The van der Waals surface area contributed by atoms with Crippen LogP contribution >= 0.6 is 0 Å². The van der Waals surface area contributed by atoms with Crippen molar-refractivity contribution < 1.29 is 92.7 Å². The number of aliphatic hydroxyl groups is 2. The van der Waals surface area contributed by atoms with Crippen LogP contribution in [0.2, 0.25) is 0 Å². The van der Waals surface area contributed by atoms with Crippen LogP contribution in [0.4, 0.5) is 0 Å². The molecule has 0 radical (unpaired) electrons. The van der Waals surface area contributed by atoms with Gasteiger partial charge in [-0.2, -0.15) is 0 Å². The van der Waals surface area contributed by atoms with E-state index in [-0.39, 0.29) is 88.5 Å². The predicted octanol–water partition coefficient (Wildman–Crippen LogP) is -5.30. The Hall–Kier alpha value is -8.41. The second kappa shape index (κ2) is 41.2. The number of aromatic nitrogens is 2. The van der Waals surface area contributed by atoms with Crippen LogP contribution in [0.25, 0.3) is 0 Å². The zero-order valence-electron chi connectivity index (χ0n) is 53.8. The van der Waals surface area contributed by atoms with Crippen molar-refractivity contribution in [1.29, 1.82) is 0 Å². The van der Waals surface area contributed by atoms with Gasteiger partial charge < -0.3 is 106 Å². The van der Waals surface area contributed by atoms with Crippen molar-refractivity contribution in [2.45, 2.75) is 223 Å². The first-order valence-electron chi connectivity index (χ1n) is 31.2. The number of hydrogen-bond acceptors (Lipinski definition) is 20. The predicted molar refractivity (Wildman–Crippen MR) is 331 cm³/mol. The zero-order chi connectivity index (χ0) is 70.2. The SMILES string of the molecule is CC(C)C[C@H](NC(=O)[C@@H](N)CCC(=O)O)C(=O)N[C@@H](CCCCN)C(=O)N1CCC[C@H]1C(=O)N[C@@H](CC(C)C)C(=O)N[C@@H](C)C(=O)N[C@@H](CCC(=O)O)C(=O)N[C@@H](CO)C(=O)N[C@@H](Cc1cnc[nH]1)C(=O)N[C@@H](C)C(=O)N[C@H](C(=O)N[C@@H](CCCCN)C(=O)O)[C@@H](C)O. The summed E-state index contributed by atoms with van der Waals surface area (Å²) in [7, 11) is 0. The summed E-state index contributed by atoms with van der Waals surface area (Å²) in [4.78, 5) is 194. The molecular weight excluding hydrogens is 1220 g/mol. The highest BCUT2D eigenvalue weighted by molar-refractivity contribution is 5.99. The van der Waals surface area contributed by atoms with Gasteiger partial charge in [0.1, 0.15) is 66.5 Å². The summed E-state index contributed by atoms with van der Waals surface area (Å²) in [6.07, 6.45) is 1.18. The largest absolute Gasteiger partial charge is 0.481 e. The van der Waals surface area contributed by atoms with Gasteiger partial charge in [-0.05, 0) is 123 Å². The number of aromatic amines is 1. The number of H-pyrrole nitrogens is 1. The van der Waals surface area contributed by atoms with Crippen LogP contribution < -0.4 is 70.4 Å². The number of rotatable bonds is 44. The van der Waals surface area contributed by atoms with Gasteiger partial charge in [-0.15, -0.1) is 0 Å². The first kappa shape index (κ1) is 80.7. The Labute approximate surface area is 538 Å². The molecule has 1 aromatic heterocycles. The molecular formula is C58H98N16O19. The normalized spacial score (nSPS) is 16.8. The van der Waals surface area contributed by atoms with E-state index in [4.69, 9.17) is 22.3 Å². The number of unbranched alkanes of at least 4 members (excludes halogenated alkanes) is 2. The number of carbonyl (C=O) groups is 14. The average molecular weight is 1320 g/mol. The van der Waals surface area contributed by atoms with Gasteiger partial charge >= 0.3 is 17.9 Å². The molecule has 2 heterocycles. The Kier molecular flexibility index (Phi) is 35.8. The van der Waals surface area contributed by atoms with E-state index in [1.807, 2.05) is 0 Å². The first-order valence-corrected chi connectivity index (χ1v) is 31.2. The van der Waals surface area contributed by atoms with Crippen LogP contribution in [0, 0.1) is 11.8 Å². The standard InChI is InChI=1S/C58H98N16O19/c1-29(2)23-39(71-55(89)43-15-12-22-74(43)57(91)37(13-8-10-20-59)67-53(87)40(24-30(3)4)69-49(83)35(61)16-18-44(77)78)51(85)64-31(5)47(81)66-36(17-19-45(79)80)50(84)72-42(27-75)54(88)70-41(25-34-26-62-28-63-34)52(86)65-32(6)48(82)73-46(33(7)76)56(90)68-38(58(92)93)14-9-11-21-60/h26,28-33,35-43,46,75-76H,8-25,27,59-61H2,1-7H3,(H,62,63)(H,64,85)(H,65,86)(H,66,81)(H,67,87)(H,68,90)(H,69,83)(H,70,88)(H,71,89)(H,72,84)(H,73,82)(H,77,78)(H,79,80)(H,92,93)/t31-,32-,33+,35-,36-,37-,38-,39-,40-,41-,42-,43-,46-/m0/s1. The van der Waals surface area contributed by atoms with E-state index in [0.717, 1.165) is 6.92 Å². The number of nitrogens with zero attached hydrogens (tertiary/aromatic N) is 2. The van der Waals surface area contributed by atoms with E-state index in [1.54, 1.807) is 27.7 Å². The van der Waals surface area contributed by atoms with Crippen molar-refractivity contribution in [3.8, 4) is 0 Å². The molecule has 1 aromatic rings. The number of aliphatic hydroxyl groups excluding tert-OH is 2. The lowest BCUT2D eigenvalue weighted by Gasteiger charge is -2.31. The Bertz CT molecular complexity index is 2680. The third-order valence-corrected chi connectivity index (χ3v) is 14.9. The van der Waals surface area contributed by atoms with Crippen LogP contribution in [-0.2, 0) is 73.5 Å². The molecule has 1 saturated heterocycles.